The van der Waals surface area contributed by atoms with Gasteiger partial charge in [-0.3, -0.25) is 0 Å². The van der Waals surface area contributed by atoms with Crippen LogP contribution in [0.3, 0.4) is 0 Å². The van der Waals surface area contributed by atoms with Crippen LogP contribution in [-0.4, -0.2) is 10.1 Å². The van der Waals surface area contributed by atoms with Crippen LogP contribution in [0.15, 0.2) is 30.3 Å². The average molecular weight is 240 g/mol. The maximum absolute atomic E-state index is 9.64. The van der Waals surface area contributed by atoms with Crippen molar-refractivity contribution in [3.63, 3.8) is 0 Å². The Morgan fingerprint density at radius 1 is 1.28 bits per heavy atom. The molecule has 1 N–H and O–H groups in total. The molecule has 0 saturated heterocycles. The van der Waals surface area contributed by atoms with Gasteiger partial charge in [0.25, 0.3) is 0 Å². The van der Waals surface area contributed by atoms with Gasteiger partial charge < -0.3 is 9.84 Å². The van der Waals surface area contributed by atoms with E-state index in [9.17, 15) is 5.11 Å². The first-order valence-corrected chi connectivity index (χ1v) is 5.46. The summed E-state index contributed by atoms with van der Waals surface area (Å²) in [4.78, 5) is 4.19. The van der Waals surface area contributed by atoms with Gasteiger partial charge in [-0.25, -0.2) is 4.98 Å². The Morgan fingerprint density at radius 3 is 2.67 bits per heavy atom. The number of nitriles is 1. The fourth-order valence-corrected chi connectivity index (χ4v) is 1.66. The molecule has 0 aliphatic carbocycles. The van der Waals surface area contributed by atoms with Gasteiger partial charge in [0.15, 0.2) is 11.5 Å². The zero-order chi connectivity index (χ0) is 13.1. The topological polar surface area (TPSA) is 66.1 Å². The van der Waals surface area contributed by atoms with Gasteiger partial charge >= 0.3 is 0 Å². The second kappa shape index (κ2) is 4.76. The summed E-state index contributed by atoms with van der Waals surface area (Å²) in [5.74, 6) is 0.519. The molecule has 0 aliphatic rings. The molecule has 2 aromatic rings. The number of benzene rings is 1. The van der Waals surface area contributed by atoms with Crippen LogP contribution in [-0.2, 0) is 0 Å². The highest BCUT2D eigenvalue weighted by Crippen LogP contribution is 2.31. The number of phenols is 1. The third-order valence-electron chi connectivity index (χ3n) is 2.50. The smallest absolute Gasteiger partial charge is 0.237 e. The fourth-order valence-electron chi connectivity index (χ4n) is 1.66. The first kappa shape index (κ1) is 11.9. The van der Waals surface area contributed by atoms with E-state index < -0.39 is 0 Å². The molecule has 0 fully saturated rings. The first-order chi connectivity index (χ1) is 8.61. The third kappa shape index (κ3) is 2.25. The molecule has 4 nitrogen and oxygen atoms in total. The van der Waals surface area contributed by atoms with Crippen molar-refractivity contribution >= 4 is 0 Å². The Morgan fingerprint density at radius 2 is 2.00 bits per heavy atom. The van der Waals surface area contributed by atoms with Gasteiger partial charge in [0, 0.05) is 5.69 Å². The average Bonchev–Trinajstić information content (AvgIpc) is 2.31. The molecule has 1 aromatic heterocycles. The zero-order valence-electron chi connectivity index (χ0n) is 10.1. The van der Waals surface area contributed by atoms with Crippen molar-refractivity contribution < 1.29 is 9.84 Å². The number of phenolic OH excluding ortho intramolecular Hbond substituents is 1. The summed E-state index contributed by atoms with van der Waals surface area (Å²) in [5.41, 5.74) is 1.94. The molecule has 0 amide bonds. The molecular weight excluding hydrogens is 228 g/mol. The number of aromatic nitrogens is 1. The van der Waals surface area contributed by atoms with E-state index in [1.165, 1.54) is 6.07 Å². The minimum absolute atomic E-state index is 0.0161. The zero-order valence-corrected chi connectivity index (χ0v) is 10.1. The summed E-state index contributed by atoms with van der Waals surface area (Å²) in [6, 6.07) is 10.5. The maximum Gasteiger partial charge on any atom is 0.237 e. The molecular formula is C14H12N2O2. The van der Waals surface area contributed by atoms with Crippen molar-refractivity contribution in [2.45, 2.75) is 13.8 Å². The summed E-state index contributed by atoms with van der Waals surface area (Å²) < 4.78 is 5.51. The van der Waals surface area contributed by atoms with Crippen molar-refractivity contribution in [2.75, 3.05) is 0 Å². The van der Waals surface area contributed by atoms with Crippen LogP contribution in [0.25, 0.3) is 0 Å². The predicted octanol–water partition coefficient (Wildman–Crippen LogP) is 3.07. The maximum atomic E-state index is 9.64. The minimum atomic E-state index is 0.0161. The van der Waals surface area contributed by atoms with Gasteiger partial charge in [0.05, 0.1) is 0 Å². The number of nitrogens with zero attached hydrogens (tertiary/aromatic N) is 2. The molecule has 0 unspecified atom stereocenters. The van der Waals surface area contributed by atoms with E-state index in [0.29, 0.717) is 5.56 Å². The number of para-hydroxylation sites is 2. The molecule has 18 heavy (non-hydrogen) atoms. The lowest BCUT2D eigenvalue weighted by molar-refractivity contribution is 0.401. The minimum Gasteiger partial charge on any atom is -0.504 e. The lowest BCUT2D eigenvalue weighted by atomic mass is 10.1. The van der Waals surface area contributed by atoms with Crippen LogP contribution in [0.2, 0.25) is 0 Å². The van der Waals surface area contributed by atoms with Crippen molar-refractivity contribution in [1.82, 2.24) is 4.98 Å². The van der Waals surface area contributed by atoms with Gasteiger partial charge in [-0.2, -0.15) is 5.26 Å². The van der Waals surface area contributed by atoms with Gasteiger partial charge in [-0.15, -0.1) is 0 Å². The SMILES string of the molecule is Cc1cc(C)c(C#N)c(Oc2ccccc2O)n1. The number of hydrogen-bond donors (Lipinski definition) is 1. The molecule has 2 rings (SSSR count). The monoisotopic (exact) mass is 240 g/mol. The number of ether oxygens (including phenoxy) is 1. The van der Waals surface area contributed by atoms with Crippen molar-refractivity contribution in [2.24, 2.45) is 0 Å². The van der Waals surface area contributed by atoms with Crippen LogP contribution in [0.4, 0.5) is 0 Å². The Labute approximate surface area is 105 Å². The summed E-state index contributed by atoms with van der Waals surface area (Å²) >= 11 is 0. The molecule has 0 radical (unpaired) electrons. The Bertz CT molecular complexity index is 630. The largest absolute Gasteiger partial charge is 0.504 e. The fraction of sp³-hybridized carbons (Fsp3) is 0.143. The Kier molecular flexibility index (Phi) is 3.16. The van der Waals surface area contributed by atoms with Crippen molar-refractivity contribution in [3.8, 4) is 23.4 Å². The summed E-state index contributed by atoms with van der Waals surface area (Å²) in [6.45, 7) is 3.65. The van der Waals surface area contributed by atoms with Crippen LogP contribution in [0.5, 0.6) is 17.4 Å². The standard InChI is InChI=1S/C14H12N2O2/c1-9-7-10(2)16-14(11(9)8-15)18-13-6-4-3-5-12(13)17/h3-7,17H,1-2H3. The van der Waals surface area contributed by atoms with E-state index in [-0.39, 0.29) is 17.4 Å². The molecule has 0 atom stereocenters. The van der Waals surface area contributed by atoms with Gasteiger partial charge in [0.1, 0.15) is 11.6 Å². The van der Waals surface area contributed by atoms with Crippen LogP contribution < -0.4 is 4.74 Å². The molecule has 0 bridgehead atoms. The number of pyridine rings is 1. The second-order valence-electron chi connectivity index (χ2n) is 3.94. The number of aryl methyl sites for hydroxylation is 2. The molecule has 1 heterocycles. The highest BCUT2D eigenvalue weighted by atomic mass is 16.5. The van der Waals surface area contributed by atoms with E-state index in [2.05, 4.69) is 11.1 Å². The lowest BCUT2D eigenvalue weighted by Gasteiger charge is -2.10. The lowest BCUT2D eigenvalue weighted by Crippen LogP contribution is -1.97. The first-order valence-electron chi connectivity index (χ1n) is 5.46. The summed E-state index contributed by atoms with van der Waals surface area (Å²) in [7, 11) is 0. The highest BCUT2D eigenvalue weighted by molar-refractivity contribution is 5.48. The highest BCUT2D eigenvalue weighted by Gasteiger charge is 2.12. The normalized spacial score (nSPS) is 9.83. The quantitative estimate of drug-likeness (QED) is 0.876. The van der Waals surface area contributed by atoms with Crippen LogP contribution >= 0.6 is 0 Å². The van der Waals surface area contributed by atoms with E-state index in [0.717, 1.165) is 11.3 Å². The number of hydrogen-bond acceptors (Lipinski definition) is 4. The van der Waals surface area contributed by atoms with Gasteiger partial charge in [-0.05, 0) is 37.6 Å². The molecule has 0 saturated carbocycles. The van der Waals surface area contributed by atoms with Crippen molar-refractivity contribution in [1.29, 1.82) is 5.26 Å². The Balaban J connectivity index is 2.47. The summed E-state index contributed by atoms with van der Waals surface area (Å²) in [5, 5.41) is 18.7. The molecule has 4 heteroatoms. The number of rotatable bonds is 2. The summed E-state index contributed by atoms with van der Waals surface area (Å²) in [6.07, 6.45) is 0. The van der Waals surface area contributed by atoms with Gasteiger partial charge in [0.2, 0.25) is 5.88 Å². The number of aromatic hydroxyl groups is 1. The van der Waals surface area contributed by atoms with Crippen molar-refractivity contribution in [3.05, 3.63) is 47.2 Å². The molecule has 0 aliphatic heterocycles. The van der Waals surface area contributed by atoms with E-state index >= 15 is 0 Å². The predicted molar refractivity (Wildman–Crippen MR) is 66.6 cm³/mol. The molecule has 90 valence electrons. The third-order valence-corrected chi connectivity index (χ3v) is 2.50. The van der Waals surface area contributed by atoms with Crippen LogP contribution in [0.1, 0.15) is 16.8 Å². The Hall–Kier alpha value is -2.54. The van der Waals surface area contributed by atoms with Gasteiger partial charge in [-0.1, -0.05) is 12.1 Å². The van der Waals surface area contributed by atoms with E-state index in [4.69, 9.17) is 10.00 Å². The van der Waals surface area contributed by atoms with E-state index in [1.807, 2.05) is 19.9 Å². The van der Waals surface area contributed by atoms with Crippen LogP contribution in [0, 0.1) is 25.2 Å². The van der Waals surface area contributed by atoms with E-state index in [1.54, 1.807) is 18.2 Å². The molecule has 1 aromatic carbocycles. The second-order valence-corrected chi connectivity index (χ2v) is 3.94. The molecule has 0 spiro atoms.